The van der Waals surface area contributed by atoms with Crippen molar-refractivity contribution in [3.8, 4) is 0 Å². The molecule has 0 aromatic rings. The van der Waals surface area contributed by atoms with Gasteiger partial charge in [0.1, 0.15) is 0 Å². The molecule has 2 fully saturated rings. The molecule has 4 unspecified atom stereocenters. The molecule has 4 atom stereocenters. The zero-order valence-corrected chi connectivity index (χ0v) is 14.0. The molecule has 0 radical (unpaired) electrons. The van der Waals surface area contributed by atoms with Gasteiger partial charge in [0.25, 0.3) is 0 Å². The Morgan fingerprint density at radius 2 is 2.14 bits per heavy atom. The average molecular weight is 321 g/mol. The number of nitrogens with one attached hydrogen (secondary N) is 2. The maximum absolute atomic E-state index is 12.1. The van der Waals surface area contributed by atoms with E-state index in [-0.39, 0.29) is 41.9 Å². The normalized spacial score (nSPS) is 33.9. The Morgan fingerprint density at radius 3 is 2.67 bits per heavy atom. The van der Waals surface area contributed by atoms with Crippen LogP contribution in [-0.4, -0.2) is 48.5 Å². The largest absolute Gasteiger partial charge is 0.392 e. The third-order valence-corrected chi connectivity index (χ3v) is 4.74. The van der Waals surface area contributed by atoms with Crippen molar-refractivity contribution in [2.45, 2.75) is 70.7 Å². The van der Waals surface area contributed by atoms with Crippen LogP contribution in [0.4, 0.5) is 0 Å². The highest BCUT2D eigenvalue weighted by Crippen LogP contribution is 2.42. The average Bonchev–Trinajstić information content (AvgIpc) is 2.83. The summed E-state index contributed by atoms with van der Waals surface area (Å²) in [6, 6.07) is -0.0815. The van der Waals surface area contributed by atoms with Gasteiger partial charge >= 0.3 is 0 Å². The van der Waals surface area contributed by atoms with Crippen LogP contribution in [0.1, 0.15) is 46.5 Å². The van der Waals surface area contributed by atoms with Gasteiger partial charge in [0.05, 0.1) is 18.2 Å². The van der Waals surface area contributed by atoms with Crippen molar-refractivity contribution in [1.82, 2.24) is 10.6 Å². The Labute approximate surface area is 133 Å². The second kappa shape index (κ2) is 7.77. The fourth-order valence-electron chi connectivity index (χ4n) is 2.97. The second-order valence-electron chi connectivity index (χ2n) is 6.68. The van der Waals surface area contributed by atoms with E-state index >= 15 is 0 Å². The molecule has 5 nitrogen and oxygen atoms in total. The second-order valence-corrected chi connectivity index (χ2v) is 6.68. The van der Waals surface area contributed by atoms with Crippen molar-refractivity contribution < 1.29 is 14.6 Å². The van der Waals surface area contributed by atoms with E-state index in [0.717, 1.165) is 25.9 Å². The zero-order chi connectivity index (χ0) is 14.8. The third-order valence-electron chi connectivity index (χ3n) is 4.74. The number of aliphatic hydroxyl groups is 1. The Balaban J connectivity index is 0.00000220. The number of aliphatic hydroxyl groups excluding tert-OH is 1. The standard InChI is InChI=1S/C15H28N2O3.ClH/c1-4-5-6-20-13-8-12(15(13,2)3)17-14(19)11-7-10(18)9-16-11;/h10-13,16,18H,4-9H2,1-3H3,(H,17,19);1H. The molecule has 21 heavy (non-hydrogen) atoms. The molecule has 124 valence electrons. The molecule has 6 heteroatoms. The monoisotopic (exact) mass is 320 g/mol. The number of halogens is 1. The Hall–Kier alpha value is -0.360. The van der Waals surface area contributed by atoms with E-state index in [2.05, 4.69) is 31.4 Å². The molecule has 0 bridgehead atoms. The lowest BCUT2D eigenvalue weighted by atomic mass is 9.64. The van der Waals surface area contributed by atoms with Gasteiger partial charge in [-0.05, 0) is 19.3 Å². The van der Waals surface area contributed by atoms with Crippen LogP contribution in [0.25, 0.3) is 0 Å². The first-order valence-electron chi connectivity index (χ1n) is 7.78. The van der Waals surface area contributed by atoms with Crippen LogP contribution in [0.5, 0.6) is 0 Å². The Bertz CT molecular complexity index is 352. The molecular weight excluding hydrogens is 292 g/mol. The lowest BCUT2D eigenvalue weighted by Gasteiger charge is -2.51. The van der Waals surface area contributed by atoms with Crippen molar-refractivity contribution in [2.75, 3.05) is 13.2 Å². The van der Waals surface area contributed by atoms with E-state index in [1.807, 2.05) is 0 Å². The number of unbranched alkanes of at least 4 members (excludes halogenated alkanes) is 1. The lowest BCUT2D eigenvalue weighted by molar-refractivity contribution is -0.139. The minimum absolute atomic E-state index is 0. The maximum atomic E-state index is 12.1. The van der Waals surface area contributed by atoms with E-state index in [0.29, 0.717) is 13.0 Å². The maximum Gasteiger partial charge on any atom is 0.237 e. The van der Waals surface area contributed by atoms with Crippen LogP contribution in [0.15, 0.2) is 0 Å². The molecule has 1 heterocycles. The third kappa shape index (κ3) is 4.31. The molecule has 1 saturated heterocycles. The first kappa shape index (κ1) is 18.7. The van der Waals surface area contributed by atoms with Gasteiger partial charge in [0.2, 0.25) is 5.91 Å². The van der Waals surface area contributed by atoms with Crippen molar-refractivity contribution in [3.05, 3.63) is 0 Å². The smallest absolute Gasteiger partial charge is 0.237 e. The SMILES string of the molecule is CCCCOC1CC(NC(=O)C2CC(O)CN2)C1(C)C.Cl. The van der Waals surface area contributed by atoms with Crippen molar-refractivity contribution in [1.29, 1.82) is 0 Å². The number of rotatable bonds is 6. The lowest BCUT2D eigenvalue weighted by Crippen LogP contribution is -2.63. The van der Waals surface area contributed by atoms with Crippen molar-refractivity contribution >= 4 is 18.3 Å². The molecule has 1 aliphatic carbocycles. The number of hydrogen-bond acceptors (Lipinski definition) is 4. The fourth-order valence-corrected chi connectivity index (χ4v) is 2.97. The van der Waals surface area contributed by atoms with Gasteiger partial charge in [0.15, 0.2) is 0 Å². The summed E-state index contributed by atoms with van der Waals surface area (Å²) in [6.45, 7) is 7.77. The molecule has 0 aromatic heterocycles. The number of β-amino-alcohol motifs (C(OH)–C–C–N with tert-alkyl or cyclic N) is 1. The topological polar surface area (TPSA) is 70.6 Å². The molecule has 0 aromatic carbocycles. The molecule has 1 amide bonds. The number of amides is 1. The summed E-state index contributed by atoms with van der Waals surface area (Å²) in [5.74, 6) is 0.00614. The molecule has 2 aliphatic rings. The minimum atomic E-state index is -0.398. The number of hydrogen-bond donors (Lipinski definition) is 3. The molecular formula is C15H29ClN2O3. The summed E-state index contributed by atoms with van der Waals surface area (Å²) in [5.41, 5.74) is -0.0133. The van der Waals surface area contributed by atoms with Gasteiger partial charge in [-0.1, -0.05) is 27.2 Å². The summed E-state index contributed by atoms with van der Waals surface area (Å²) in [5, 5.41) is 15.6. The summed E-state index contributed by atoms with van der Waals surface area (Å²) >= 11 is 0. The zero-order valence-electron chi connectivity index (χ0n) is 13.2. The van der Waals surface area contributed by atoms with Crippen LogP contribution in [-0.2, 0) is 9.53 Å². The van der Waals surface area contributed by atoms with Gasteiger partial charge in [-0.2, -0.15) is 0 Å². The minimum Gasteiger partial charge on any atom is -0.392 e. The Morgan fingerprint density at radius 1 is 1.43 bits per heavy atom. The van der Waals surface area contributed by atoms with Crippen molar-refractivity contribution in [3.63, 3.8) is 0 Å². The van der Waals surface area contributed by atoms with Crippen LogP contribution in [0.3, 0.4) is 0 Å². The number of carbonyl (C=O) groups excluding carboxylic acids is 1. The quantitative estimate of drug-likeness (QED) is 0.644. The van der Waals surface area contributed by atoms with Gasteiger partial charge in [-0.3, -0.25) is 4.79 Å². The predicted octanol–water partition coefficient (Wildman–Crippen LogP) is 1.23. The highest BCUT2D eigenvalue weighted by atomic mass is 35.5. The summed E-state index contributed by atoms with van der Waals surface area (Å²) in [6.07, 6.45) is 3.47. The van der Waals surface area contributed by atoms with Crippen LogP contribution in [0, 0.1) is 5.41 Å². The van der Waals surface area contributed by atoms with E-state index in [9.17, 15) is 9.90 Å². The van der Waals surface area contributed by atoms with E-state index in [1.54, 1.807) is 0 Å². The molecule has 1 saturated carbocycles. The van der Waals surface area contributed by atoms with Crippen LogP contribution >= 0.6 is 12.4 Å². The first-order valence-corrected chi connectivity index (χ1v) is 7.78. The van der Waals surface area contributed by atoms with Gasteiger partial charge < -0.3 is 20.5 Å². The predicted molar refractivity (Wildman–Crippen MR) is 84.6 cm³/mol. The summed E-state index contributed by atoms with van der Waals surface area (Å²) < 4.78 is 5.88. The molecule has 0 spiro atoms. The summed E-state index contributed by atoms with van der Waals surface area (Å²) in [7, 11) is 0. The summed E-state index contributed by atoms with van der Waals surface area (Å²) in [4.78, 5) is 12.1. The van der Waals surface area contributed by atoms with Crippen LogP contribution < -0.4 is 10.6 Å². The van der Waals surface area contributed by atoms with E-state index in [1.165, 1.54) is 0 Å². The van der Waals surface area contributed by atoms with Gasteiger partial charge in [0, 0.05) is 24.6 Å². The highest BCUT2D eigenvalue weighted by molar-refractivity contribution is 5.85. The Kier molecular flexibility index (Phi) is 6.91. The molecule has 2 rings (SSSR count). The highest BCUT2D eigenvalue weighted by Gasteiger charge is 2.50. The number of carbonyl (C=O) groups is 1. The number of ether oxygens (including phenoxy) is 1. The van der Waals surface area contributed by atoms with Crippen molar-refractivity contribution in [2.24, 2.45) is 5.41 Å². The molecule has 3 N–H and O–H groups in total. The van der Waals surface area contributed by atoms with Gasteiger partial charge in [-0.25, -0.2) is 0 Å². The van der Waals surface area contributed by atoms with E-state index in [4.69, 9.17) is 4.74 Å². The fraction of sp³-hybridized carbons (Fsp3) is 0.933. The molecule has 1 aliphatic heterocycles. The van der Waals surface area contributed by atoms with Gasteiger partial charge in [-0.15, -0.1) is 12.4 Å². The van der Waals surface area contributed by atoms with E-state index < -0.39 is 6.10 Å². The first-order chi connectivity index (χ1) is 9.45. The van der Waals surface area contributed by atoms with Crippen LogP contribution in [0.2, 0.25) is 0 Å².